The highest BCUT2D eigenvalue weighted by Crippen LogP contribution is 2.31. The first-order valence-electron chi connectivity index (χ1n) is 13.6. The van der Waals surface area contributed by atoms with Gasteiger partial charge in [0.15, 0.2) is 0 Å². The normalized spacial score (nSPS) is 12.6. The van der Waals surface area contributed by atoms with Gasteiger partial charge in [0.25, 0.3) is 0 Å². The Labute approximate surface area is 199 Å². The van der Waals surface area contributed by atoms with Gasteiger partial charge in [-0.15, -0.1) is 13.2 Å². The van der Waals surface area contributed by atoms with Crippen molar-refractivity contribution in [3.8, 4) is 0 Å². The van der Waals surface area contributed by atoms with E-state index in [-0.39, 0.29) is 0 Å². The zero-order valence-corrected chi connectivity index (χ0v) is 24.5. The molecule has 0 aliphatic rings. The molecule has 0 aliphatic carbocycles. The molecule has 0 aromatic rings. The molecular weight excluding hydrogens is 406 g/mol. The largest absolute Gasteiger partial charge is 0.298 e. The van der Waals surface area contributed by atoms with Gasteiger partial charge in [0, 0.05) is 6.54 Å². The van der Waals surface area contributed by atoms with Crippen LogP contribution in [0, 0.1) is 0 Å². The summed E-state index contributed by atoms with van der Waals surface area (Å²) in [5.41, 5.74) is 2.79. The van der Waals surface area contributed by atoms with Gasteiger partial charge in [0.1, 0.15) is 0 Å². The summed E-state index contributed by atoms with van der Waals surface area (Å²) in [5, 5.41) is 0. The molecule has 0 unspecified atom stereocenters. The van der Waals surface area contributed by atoms with Crippen molar-refractivity contribution in [1.82, 2.24) is 0 Å². The monoisotopic (exact) mass is 463 g/mol. The molecule has 0 spiro atoms. The maximum absolute atomic E-state index is 4.75. The fourth-order valence-corrected chi connectivity index (χ4v) is 12.9. The zero-order chi connectivity index (χ0) is 23.6. The lowest BCUT2D eigenvalue weighted by Gasteiger charge is -2.30. The number of nitrogens with zero attached hydrogens (tertiary/aromatic N) is 1. The molecule has 0 amide bonds. The average Bonchev–Trinajstić information content (AvgIpc) is 2.74. The van der Waals surface area contributed by atoms with Crippen LogP contribution in [0.2, 0.25) is 48.4 Å². The smallest absolute Gasteiger partial charge is 0.0624 e. The topological polar surface area (TPSA) is 12.4 Å². The van der Waals surface area contributed by atoms with Crippen molar-refractivity contribution in [2.45, 2.75) is 141 Å². The molecule has 3 heteroatoms. The molecular formula is C28H57NSi2. The van der Waals surface area contributed by atoms with Gasteiger partial charge in [-0.1, -0.05) is 114 Å². The number of hydrogen-bond acceptors (Lipinski definition) is 1. The van der Waals surface area contributed by atoms with E-state index in [2.05, 4.69) is 60.9 Å². The van der Waals surface area contributed by atoms with E-state index in [0.29, 0.717) is 0 Å². The molecule has 0 bridgehead atoms. The van der Waals surface area contributed by atoms with Crippen LogP contribution in [-0.2, 0) is 0 Å². The van der Waals surface area contributed by atoms with Crippen molar-refractivity contribution in [3.63, 3.8) is 0 Å². The molecule has 0 aromatic carbocycles. The molecule has 0 radical (unpaired) electrons. The molecule has 0 heterocycles. The Morgan fingerprint density at radius 1 is 0.645 bits per heavy atom. The van der Waals surface area contributed by atoms with Crippen molar-refractivity contribution < 1.29 is 0 Å². The first-order chi connectivity index (χ1) is 14.8. The molecule has 0 atom stereocenters. The van der Waals surface area contributed by atoms with Crippen molar-refractivity contribution in [2.24, 2.45) is 4.99 Å². The quantitative estimate of drug-likeness (QED) is 0.0694. The van der Waals surface area contributed by atoms with Crippen LogP contribution in [0.1, 0.15) is 92.9 Å². The van der Waals surface area contributed by atoms with Crippen molar-refractivity contribution >= 4 is 22.4 Å². The first-order valence-corrected chi connectivity index (χ1v) is 19.2. The number of unbranched alkanes of at least 4 members (excludes halogenated alkanes) is 7. The second-order valence-corrected chi connectivity index (χ2v) is 21.0. The molecule has 0 aromatic heterocycles. The summed E-state index contributed by atoms with van der Waals surface area (Å²) in [6.45, 7) is 23.4. The predicted molar refractivity (Wildman–Crippen MR) is 153 cm³/mol. The van der Waals surface area contributed by atoms with Crippen LogP contribution in [-0.4, -0.2) is 28.9 Å². The van der Waals surface area contributed by atoms with Crippen LogP contribution < -0.4 is 0 Å². The fourth-order valence-electron chi connectivity index (χ4n) is 5.20. The Balaban J connectivity index is 3.81. The third kappa shape index (κ3) is 14.4. The number of rotatable bonds is 21. The maximum Gasteiger partial charge on any atom is 0.0624 e. The third-order valence-electron chi connectivity index (χ3n) is 7.75. The van der Waals surface area contributed by atoms with Gasteiger partial charge in [0.05, 0.1) is 16.1 Å². The van der Waals surface area contributed by atoms with E-state index >= 15 is 0 Å². The van der Waals surface area contributed by atoms with Crippen LogP contribution in [0.25, 0.3) is 0 Å². The third-order valence-corrected chi connectivity index (χ3v) is 18.9. The fraction of sp³-hybridized carbons (Fsp3) is 0.821. The van der Waals surface area contributed by atoms with E-state index in [9.17, 15) is 0 Å². The van der Waals surface area contributed by atoms with Crippen molar-refractivity contribution in [1.29, 1.82) is 0 Å². The molecule has 1 nitrogen and oxygen atoms in total. The lowest BCUT2D eigenvalue weighted by atomic mass is 10.1. The Morgan fingerprint density at radius 3 is 1.52 bits per heavy atom. The Hall–Kier alpha value is -0.416. The van der Waals surface area contributed by atoms with E-state index in [1.165, 1.54) is 111 Å². The number of allylic oxidation sites excluding steroid dienone is 2. The summed E-state index contributed by atoms with van der Waals surface area (Å²) < 4.78 is 0. The highest BCUT2D eigenvalue weighted by Gasteiger charge is 2.28. The summed E-state index contributed by atoms with van der Waals surface area (Å²) in [6, 6.07) is 11.0. The maximum atomic E-state index is 4.75. The average molecular weight is 464 g/mol. The van der Waals surface area contributed by atoms with Crippen molar-refractivity contribution in [2.75, 3.05) is 6.54 Å². The minimum absolute atomic E-state index is 1.04. The molecule has 182 valence electrons. The summed E-state index contributed by atoms with van der Waals surface area (Å²) >= 11 is 0. The van der Waals surface area contributed by atoms with Gasteiger partial charge in [-0.25, -0.2) is 0 Å². The summed E-state index contributed by atoms with van der Waals surface area (Å²) in [7, 11) is -2.22. The summed E-state index contributed by atoms with van der Waals surface area (Å²) in [4.78, 5) is 4.75. The summed E-state index contributed by atoms with van der Waals surface area (Å²) in [6.07, 6.45) is 13.5. The highest BCUT2D eigenvalue weighted by molar-refractivity contribution is 6.82. The summed E-state index contributed by atoms with van der Waals surface area (Å²) in [5.74, 6) is 0. The first kappa shape index (κ1) is 30.6. The lowest BCUT2D eigenvalue weighted by Crippen LogP contribution is -2.32. The van der Waals surface area contributed by atoms with Gasteiger partial charge in [-0.05, 0) is 44.6 Å². The number of hydrogen-bond donors (Lipinski definition) is 0. The SMILES string of the molecule is C=C(C)C[Si](CC)(CC)CC=NCCCCCCCCCC[Si](CC)(CC)CC(=C)C. The Kier molecular flexibility index (Phi) is 17.8. The van der Waals surface area contributed by atoms with Gasteiger partial charge in [0.2, 0.25) is 0 Å². The molecule has 0 fully saturated rings. The van der Waals surface area contributed by atoms with E-state index in [0.717, 1.165) is 6.54 Å². The van der Waals surface area contributed by atoms with Gasteiger partial charge in [-0.2, -0.15) is 0 Å². The van der Waals surface area contributed by atoms with Gasteiger partial charge in [-0.3, -0.25) is 4.99 Å². The minimum Gasteiger partial charge on any atom is -0.298 e. The zero-order valence-electron chi connectivity index (χ0n) is 22.5. The van der Waals surface area contributed by atoms with E-state index < -0.39 is 16.1 Å². The standard InChI is InChI=1S/C28H57NSi2/c1-9-30(10-2,25-27(5)6)23-20-18-16-14-13-15-17-19-21-29-22-24-31(11-3,12-4)26-28(7)8/h22H,5,7,9-21,23-26H2,1-4,6,8H3. The molecule has 0 N–H and O–H groups in total. The molecule has 0 aliphatic heterocycles. The van der Waals surface area contributed by atoms with E-state index in [1.54, 1.807) is 0 Å². The molecule has 0 saturated carbocycles. The second kappa shape index (κ2) is 18.1. The Bertz CT molecular complexity index is 501. The van der Waals surface area contributed by atoms with Crippen LogP contribution in [0.3, 0.4) is 0 Å². The molecule has 0 rings (SSSR count). The van der Waals surface area contributed by atoms with E-state index in [4.69, 9.17) is 4.99 Å². The number of aliphatic imine (C=N–C) groups is 1. The Morgan fingerprint density at radius 2 is 1.06 bits per heavy atom. The minimum atomic E-state index is -1.18. The van der Waals surface area contributed by atoms with Crippen molar-refractivity contribution in [3.05, 3.63) is 24.3 Å². The highest BCUT2D eigenvalue weighted by atomic mass is 28.3. The van der Waals surface area contributed by atoms with Gasteiger partial charge < -0.3 is 0 Å². The molecule has 31 heavy (non-hydrogen) atoms. The predicted octanol–water partition coefficient (Wildman–Crippen LogP) is 10.3. The van der Waals surface area contributed by atoms with Crippen LogP contribution in [0.15, 0.2) is 29.3 Å². The second-order valence-electron chi connectivity index (χ2n) is 10.6. The van der Waals surface area contributed by atoms with Crippen LogP contribution >= 0.6 is 0 Å². The molecule has 0 saturated heterocycles. The lowest BCUT2D eigenvalue weighted by molar-refractivity contribution is 0.577. The van der Waals surface area contributed by atoms with E-state index in [1.807, 2.05) is 0 Å². The van der Waals surface area contributed by atoms with Crippen LogP contribution in [0.5, 0.6) is 0 Å². The van der Waals surface area contributed by atoms with Gasteiger partial charge >= 0.3 is 0 Å². The van der Waals surface area contributed by atoms with Crippen LogP contribution in [0.4, 0.5) is 0 Å².